The number of aromatic nitrogens is 3. The molecule has 138 valence electrons. The summed E-state index contributed by atoms with van der Waals surface area (Å²) in [5.41, 5.74) is 2.54. The SMILES string of the molecule is Cc1nc(NC(=O)/C=C/c2ccccc2)sc1-c1nc(-c2ccccc2)no1. The van der Waals surface area contributed by atoms with Crippen LogP contribution in [0, 0.1) is 6.92 Å². The Labute approximate surface area is 165 Å². The summed E-state index contributed by atoms with van der Waals surface area (Å²) in [6.45, 7) is 1.84. The molecule has 7 heteroatoms. The molecule has 2 aromatic carbocycles. The minimum atomic E-state index is -0.250. The molecule has 1 N–H and O–H groups in total. The first-order chi connectivity index (χ1) is 13.7. The monoisotopic (exact) mass is 388 g/mol. The van der Waals surface area contributed by atoms with Gasteiger partial charge in [0.1, 0.15) is 4.88 Å². The lowest BCUT2D eigenvalue weighted by Crippen LogP contribution is -2.07. The second kappa shape index (κ2) is 7.98. The van der Waals surface area contributed by atoms with Crippen LogP contribution in [-0.4, -0.2) is 21.0 Å². The van der Waals surface area contributed by atoms with Crippen LogP contribution in [-0.2, 0) is 4.79 Å². The Morgan fingerprint density at radius 3 is 2.50 bits per heavy atom. The Balaban J connectivity index is 1.49. The van der Waals surface area contributed by atoms with Crippen LogP contribution in [0.3, 0.4) is 0 Å². The van der Waals surface area contributed by atoms with E-state index >= 15 is 0 Å². The third-order valence-corrected chi connectivity index (χ3v) is 4.97. The lowest BCUT2D eigenvalue weighted by molar-refractivity contribution is -0.111. The van der Waals surface area contributed by atoms with E-state index in [1.165, 1.54) is 17.4 Å². The van der Waals surface area contributed by atoms with Crippen molar-refractivity contribution in [2.45, 2.75) is 6.92 Å². The average molecular weight is 388 g/mol. The molecule has 0 spiro atoms. The van der Waals surface area contributed by atoms with Gasteiger partial charge in [0.05, 0.1) is 5.69 Å². The summed E-state index contributed by atoms with van der Waals surface area (Å²) >= 11 is 1.30. The summed E-state index contributed by atoms with van der Waals surface area (Å²) in [5, 5.41) is 7.29. The predicted molar refractivity (Wildman–Crippen MR) is 110 cm³/mol. The van der Waals surface area contributed by atoms with Gasteiger partial charge in [0.15, 0.2) is 5.13 Å². The zero-order chi connectivity index (χ0) is 19.3. The van der Waals surface area contributed by atoms with E-state index in [9.17, 15) is 4.79 Å². The fourth-order valence-electron chi connectivity index (χ4n) is 2.55. The molecule has 6 nitrogen and oxygen atoms in total. The van der Waals surface area contributed by atoms with Gasteiger partial charge in [0.2, 0.25) is 11.7 Å². The topological polar surface area (TPSA) is 80.9 Å². The van der Waals surface area contributed by atoms with Crippen molar-refractivity contribution in [2.75, 3.05) is 5.32 Å². The first kappa shape index (κ1) is 17.8. The van der Waals surface area contributed by atoms with Gasteiger partial charge >= 0.3 is 0 Å². The van der Waals surface area contributed by atoms with Crippen LogP contribution in [0.4, 0.5) is 5.13 Å². The number of carbonyl (C=O) groups is 1. The van der Waals surface area contributed by atoms with Gasteiger partial charge in [0.25, 0.3) is 5.89 Å². The Morgan fingerprint density at radius 2 is 1.75 bits per heavy atom. The molecule has 0 unspecified atom stereocenters. The number of nitrogens with one attached hydrogen (secondary N) is 1. The second-order valence-electron chi connectivity index (χ2n) is 5.96. The van der Waals surface area contributed by atoms with Crippen LogP contribution in [0.2, 0.25) is 0 Å². The van der Waals surface area contributed by atoms with Crippen LogP contribution in [0.5, 0.6) is 0 Å². The molecule has 2 aromatic heterocycles. The number of nitrogens with zero attached hydrogens (tertiary/aromatic N) is 3. The molecular weight excluding hydrogens is 372 g/mol. The molecule has 0 fully saturated rings. The van der Waals surface area contributed by atoms with Crippen LogP contribution in [0.15, 0.2) is 71.3 Å². The van der Waals surface area contributed by atoms with E-state index in [1.807, 2.05) is 67.6 Å². The van der Waals surface area contributed by atoms with Crippen molar-refractivity contribution >= 4 is 28.5 Å². The van der Waals surface area contributed by atoms with Crippen molar-refractivity contribution in [3.63, 3.8) is 0 Å². The van der Waals surface area contributed by atoms with Crippen molar-refractivity contribution in [2.24, 2.45) is 0 Å². The largest absolute Gasteiger partial charge is 0.333 e. The van der Waals surface area contributed by atoms with Crippen LogP contribution >= 0.6 is 11.3 Å². The molecule has 4 aromatic rings. The van der Waals surface area contributed by atoms with Crippen molar-refractivity contribution in [1.29, 1.82) is 0 Å². The van der Waals surface area contributed by atoms with Gasteiger partial charge < -0.3 is 4.52 Å². The van der Waals surface area contributed by atoms with Crippen LogP contribution in [0.1, 0.15) is 11.3 Å². The highest BCUT2D eigenvalue weighted by Gasteiger charge is 2.17. The molecule has 0 bridgehead atoms. The van der Waals surface area contributed by atoms with E-state index in [0.717, 1.165) is 21.7 Å². The highest BCUT2D eigenvalue weighted by molar-refractivity contribution is 7.19. The fraction of sp³-hybridized carbons (Fsp3) is 0.0476. The molecule has 4 rings (SSSR count). The molecule has 0 atom stereocenters. The van der Waals surface area contributed by atoms with Gasteiger partial charge in [-0.3, -0.25) is 10.1 Å². The number of hydrogen-bond donors (Lipinski definition) is 1. The number of hydrogen-bond acceptors (Lipinski definition) is 6. The molecule has 1 amide bonds. The second-order valence-corrected chi connectivity index (χ2v) is 6.96. The Bertz CT molecular complexity index is 1120. The zero-order valence-corrected chi connectivity index (χ0v) is 15.8. The number of thiazole rings is 1. The molecule has 0 aliphatic heterocycles. The molecule has 0 radical (unpaired) electrons. The van der Waals surface area contributed by atoms with Crippen LogP contribution in [0.25, 0.3) is 28.2 Å². The highest BCUT2D eigenvalue weighted by atomic mass is 32.1. The van der Waals surface area contributed by atoms with E-state index in [0.29, 0.717) is 16.8 Å². The van der Waals surface area contributed by atoms with Gasteiger partial charge in [-0.1, -0.05) is 77.2 Å². The third kappa shape index (κ3) is 4.05. The minimum Gasteiger partial charge on any atom is -0.333 e. The summed E-state index contributed by atoms with van der Waals surface area (Å²) in [6.07, 6.45) is 3.23. The minimum absolute atomic E-state index is 0.250. The number of benzene rings is 2. The smallest absolute Gasteiger partial charge is 0.270 e. The first-order valence-corrected chi connectivity index (χ1v) is 9.42. The van der Waals surface area contributed by atoms with Gasteiger partial charge in [-0.05, 0) is 18.6 Å². The molecule has 0 saturated carbocycles. The predicted octanol–water partition coefficient (Wildman–Crippen LogP) is 4.82. The molecule has 0 saturated heterocycles. The quantitative estimate of drug-likeness (QED) is 0.496. The Morgan fingerprint density at radius 1 is 1.04 bits per heavy atom. The highest BCUT2D eigenvalue weighted by Crippen LogP contribution is 2.32. The molecular formula is C21H16N4O2S. The van der Waals surface area contributed by atoms with Crippen LogP contribution < -0.4 is 5.32 Å². The van der Waals surface area contributed by atoms with Gasteiger partial charge in [-0.2, -0.15) is 4.98 Å². The number of carbonyl (C=O) groups excluding carboxylic acids is 1. The number of anilines is 1. The number of aryl methyl sites for hydroxylation is 1. The maximum Gasteiger partial charge on any atom is 0.270 e. The normalized spacial score (nSPS) is 11.0. The lowest BCUT2D eigenvalue weighted by atomic mass is 10.2. The fourth-order valence-corrected chi connectivity index (χ4v) is 3.44. The maximum absolute atomic E-state index is 12.1. The van der Waals surface area contributed by atoms with E-state index in [1.54, 1.807) is 6.08 Å². The summed E-state index contributed by atoms with van der Waals surface area (Å²) in [5.74, 6) is 0.647. The van der Waals surface area contributed by atoms with Crippen molar-refractivity contribution in [3.05, 3.63) is 78.0 Å². The third-order valence-electron chi connectivity index (χ3n) is 3.91. The first-order valence-electron chi connectivity index (χ1n) is 8.60. The molecule has 28 heavy (non-hydrogen) atoms. The van der Waals surface area contributed by atoms with Gasteiger partial charge in [0, 0.05) is 11.6 Å². The van der Waals surface area contributed by atoms with E-state index in [4.69, 9.17) is 4.52 Å². The zero-order valence-electron chi connectivity index (χ0n) is 15.0. The van der Waals surface area contributed by atoms with E-state index in [-0.39, 0.29) is 5.91 Å². The maximum atomic E-state index is 12.1. The molecule has 2 heterocycles. The van der Waals surface area contributed by atoms with Crippen molar-refractivity contribution in [1.82, 2.24) is 15.1 Å². The lowest BCUT2D eigenvalue weighted by Gasteiger charge is -1.95. The number of amides is 1. The van der Waals surface area contributed by atoms with E-state index in [2.05, 4.69) is 20.4 Å². The van der Waals surface area contributed by atoms with Gasteiger partial charge in [-0.15, -0.1) is 0 Å². The summed E-state index contributed by atoms with van der Waals surface area (Å²) in [7, 11) is 0. The van der Waals surface area contributed by atoms with Crippen molar-refractivity contribution in [3.8, 4) is 22.2 Å². The number of rotatable bonds is 5. The Hall–Kier alpha value is -3.58. The summed E-state index contributed by atoms with van der Waals surface area (Å²) in [6, 6.07) is 19.2. The standard InChI is InChI=1S/C21H16N4O2S/c1-14-18(20-24-19(25-27-20)16-10-6-3-7-11-16)28-21(22-14)23-17(26)13-12-15-8-4-2-5-9-15/h2-13H,1H3,(H,22,23,26)/b13-12+. The summed E-state index contributed by atoms with van der Waals surface area (Å²) in [4.78, 5) is 21.7. The Kier molecular flexibility index (Phi) is 5.07. The molecule has 0 aliphatic rings. The van der Waals surface area contributed by atoms with Gasteiger partial charge in [-0.25, -0.2) is 4.98 Å². The molecule has 0 aliphatic carbocycles. The van der Waals surface area contributed by atoms with E-state index < -0.39 is 0 Å². The summed E-state index contributed by atoms with van der Waals surface area (Å²) < 4.78 is 5.39. The van der Waals surface area contributed by atoms with Crippen molar-refractivity contribution < 1.29 is 9.32 Å². The average Bonchev–Trinajstić information content (AvgIpc) is 3.34.